The summed E-state index contributed by atoms with van der Waals surface area (Å²) in [5.41, 5.74) is 1.68. The highest BCUT2D eigenvalue weighted by Gasteiger charge is 2.14. The number of nitrogens with one attached hydrogen (secondary N) is 3. The highest BCUT2D eigenvalue weighted by atomic mass is 32.2. The highest BCUT2D eigenvalue weighted by Crippen LogP contribution is 2.15. The highest BCUT2D eigenvalue weighted by molar-refractivity contribution is 7.92. The minimum atomic E-state index is -3.37. The van der Waals surface area contributed by atoms with Crippen molar-refractivity contribution in [2.75, 3.05) is 23.4 Å². The SMILES string of the molecule is COc1ccc(/C=C/C(=O)NC(C)C(=O)Nc2ccc(NS(C)(=O)=O)cc2)cc1. The Morgan fingerprint density at radius 3 is 2.14 bits per heavy atom. The van der Waals surface area contributed by atoms with Gasteiger partial charge in [0.2, 0.25) is 21.8 Å². The fourth-order valence-corrected chi connectivity index (χ4v) is 2.86. The van der Waals surface area contributed by atoms with Gasteiger partial charge in [0.05, 0.1) is 13.4 Å². The first-order chi connectivity index (χ1) is 13.7. The molecule has 154 valence electrons. The number of hydrogen-bond donors (Lipinski definition) is 3. The first kappa shape index (κ1) is 22.0. The standard InChI is InChI=1S/C20H23N3O5S/c1-14(21-19(24)13-6-15-4-11-18(28-2)12-5-15)20(25)22-16-7-9-17(10-8-16)23-29(3,26)27/h4-14,23H,1-3H3,(H,21,24)(H,22,25)/b13-6+. The Morgan fingerprint density at radius 2 is 1.59 bits per heavy atom. The molecule has 29 heavy (non-hydrogen) atoms. The maximum Gasteiger partial charge on any atom is 0.246 e. The predicted molar refractivity (Wildman–Crippen MR) is 113 cm³/mol. The van der Waals surface area contributed by atoms with E-state index >= 15 is 0 Å². The third-order valence-electron chi connectivity index (χ3n) is 3.75. The summed E-state index contributed by atoms with van der Waals surface area (Å²) in [4.78, 5) is 24.2. The summed E-state index contributed by atoms with van der Waals surface area (Å²) in [6.07, 6.45) is 4.03. The van der Waals surface area contributed by atoms with Gasteiger partial charge in [-0.25, -0.2) is 8.42 Å². The molecule has 0 fully saturated rings. The van der Waals surface area contributed by atoms with Crippen LogP contribution in [-0.2, 0) is 19.6 Å². The summed E-state index contributed by atoms with van der Waals surface area (Å²) in [6.45, 7) is 1.56. The average molecular weight is 417 g/mol. The molecule has 9 heteroatoms. The Morgan fingerprint density at radius 1 is 1.00 bits per heavy atom. The van der Waals surface area contributed by atoms with E-state index in [2.05, 4.69) is 15.4 Å². The fraction of sp³-hybridized carbons (Fsp3) is 0.200. The molecule has 0 saturated carbocycles. The van der Waals surface area contributed by atoms with Gasteiger partial charge in [-0.3, -0.25) is 14.3 Å². The molecule has 1 atom stereocenters. The molecule has 0 heterocycles. The van der Waals surface area contributed by atoms with Crippen LogP contribution in [0.15, 0.2) is 54.6 Å². The minimum absolute atomic E-state index is 0.385. The second-order valence-corrected chi connectivity index (χ2v) is 8.03. The summed E-state index contributed by atoms with van der Waals surface area (Å²) >= 11 is 0. The molecule has 0 aliphatic carbocycles. The summed E-state index contributed by atoms with van der Waals surface area (Å²) in [5.74, 6) is -0.0896. The van der Waals surface area contributed by atoms with Crippen molar-refractivity contribution in [3.8, 4) is 5.75 Å². The predicted octanol–water partition coefficient (Wildman–Crippen LogP) is 2.22. The van der Waals surface area contributed by atoms with Crippen LogP contribution >= 0.6 is 0 Å². The van der Waals surface area contributed by atoms with Crippen LogP contribution in [0.4, 0.5) is 11.4 Å². The molecule has 0 bridgehead atoms. The average Bonchev–Trinajstić information content (AvgIpc) is 2.67. The van der Waals surface area contributed by atoms with Crippen molar-refractivity contribution < 1.29 is 22.7 Å². The topological polar surface area (TPSA) is 114 Å². The normalized spacial score (nSPS) is 12.2. The Kier molecular flexibility index (Phi) is 7.38. The van der Waals surface area contributed by atoms with Crippen molar-refractivity contribution in [3.05, 3.63) is 60.2 Å². The lowest BCUT2D eigenvalue weighted by molar-refractivity contribution is -0.123. The number of hydrogen-bond acceptors (Lipinski definition) is 5. The van der Waals surface area contributed by atoms with Gasteiger partial charge in [0.15, 0.2) is 0 Å². The second kappa shape index (κ2) is 9.74. The van der Waals surface area contributed by atoms with E-state index in [4.69, 9.17) is 4.74 Å². The fourth-order valence-electron chi connectivity index (χ4n) is 2.30. The maximum atomic E-state index is 12.2. The van der Waals surface area contributed by atoms with E-state index in [0.29, 0.717) is 11.4 Å². The number of benzene rings is 2. The maximum absolute atomic E-state index is 12.2. The van der Waals surface area contributed by atoms with E-state index < -0.39 is 27.9 Å². The number of sulfonamides is 1. The van der Waals surface area contributed by atoms with Gasteiger partial charge < -0.3 is 15.4 Å². The van der Waals surface area contributed by atoms with Crippen molar-refractivity contribution in [1.29, 1.82) is 0 Å². The van der Waals surface area contributed by atoms with Gasteiger partial charge in [0.1, 0.15) is 11.8 Å². The molecule has 3 N–H and O–H groups in total. The lowest BCUT2D eigenvalue weighted by atomic mass is 10.2. The van der Waals surface area contributed by atoms with Crippen molar-refractivity contribution in [2.45, 2.75) is 13.0 Å². The third-order valence-corrected chi connectivity index (χ3v) is 4.36. The van der Waals surface area contributed by atoms with Crippen LogP contribution in [0, 0.1) is 0 Å². The summed E-state index contributed by atoms with van der Waals surface area (Å²) < 4.78 is 29.8. The second-order valence-electron chi connectivity index (χ2n) is 6.28. The number of rotatable bonds is 8. The zero-order chi connectivity index (χ0) is 21.4. The summed E-state index contributed by atoms with van der Waals surface area (Å²) in [7, 11) is -1.79. The van der Waals surface area contributed by atoms with Gasteiger partial charge in [-0.2, -0.15) is 0 Å². The molecule has 1 unspecified atom stereocenters. The molecular weight excluding hydrogens is 394 g/mol. The summed E-state index contributed by atoms with van der Waals surface area (Å²) in [6, 6.07) is 12.6. The number of methoxy groups -OCH3 is 1. The Bertz CT molecular complexity index is 984. The van der Waals surface area contributed by atoms with Crippen LogP contribution in [0.2, 0.25) is 0 Å². The van der Waals surface area contributed by atoms with E-state index in [1.54, 1.807) is 56.5 Å². The van der Waals surface area contributed by atoms with Gasteiger partial charge in [0.25, 0.3) is 0 Å². The molecule has 2 rings (SSSR count). The minimum Gasteiger partial charge on any atom is -0.497 e. The van der Waals surface area contributed by atoms with Crippen molar-refractivity contribution in [3.63, 3.8) is 0 Å². The first-order valence-corrected chi connectivity index (χ1v) is 10.6. The molecule has 2 aromatic rings. The van der Waals surface area contributed by atoms with Gasteiger partial charge in [-0.05, 0) is 55.0 Å². The number of anilines is 2. The number of amides is 2. The molecule has 2 aromatic carbocycles. The third kappa shape index (κ3) is 7.67. The number of carbonyl (C=O) groups is 2. The van der Waals surface area contributed by atoms with Crippen LogP contribution in [0.3, 0.4) is 0 Å². The van der Waals surface area contributed by atoms with Crippen LogP contribution in [0.1, 0.15) is 12.5 Å². The smallest absolute Gasteiger partial charge is 0.246 e. The van der Waals surface area contributed by atoms with Gasteiger partial charge in [-0.1, -0.05) is 12.1 Å². The van der Waals surface area contributed by atoms with Crippen molar-refractivity contribution in [1.82, 2.24) is 5.32 Å². The first-order valence-electron chi connectivity index (χ1n) is 8.67. The van der Waals surface area contributed by atoms with Crippen LogP contribution < -0.4 is 20.1 Å². The van der Waals surface area contributed by atoms with E-state index in [0.717, 1.165) is 17.6 Å². The van der Waals surface area contributed by atoms with E-state index in [1.807, 2.05) is 0 Å². The molecule has 0 aromatic heterocycles. The van der Waals surface area contributed by atoms with Gasteiger partial charge in [-0.15, -0.1) is 0 Å². The largest absolute Gasteiger partial charge is 0.497 e. The number of ether oxygens (including phenoxy) is 1. The quantitative estimate of drug-likeness (QED) is 0.570. The Balaban J connectivity index is 1.87. The zero-order valence-electron chi connectivity index (χ0n) is 16.3. The molecule has 8 nitrogen and oxygen atoms in total. The van der Waals surface area contributed by atoms with E-state index in [1.165, 1.54) is 18.2 Å². The lowest BCUT2D eigenvalue weighted by Gasteiger charge is -2.13. The van der Waals surface area contributed by atoms with E-state index in [-0.39, 0.29) is 0 Å². The van der Waals surface area contributed by atoms with Crippen molar-refractivity contribution in [2.24, 2.45) is 0 Å². The summed E-state index contributed by atoms with van der Waals surface area (Å²) in [5, 5.41) is 5.24. The van der Waals surface area contributed by atoms with Crippen LogP contribution in [0.25, 0.3) is 6.08 Å². The Labute approximate surface area is 170 Å². The van der Waals surface area contributed by atoms with Gasteiger partial charge >= 0.3 is 0 Å². The number of carbonyl (C=O) groups excluding carboxylic acids is 2. The van der Waals surface area contributed by atoms with E-state index in [9.17, 15) is 18.0 Å². The molecule has 2 amide bonds. The molecule has 0 aliphatic heterocycles. The zero-order valence-corrected chi connectivity index (χ0v) is 17.1. The van der Waals surface area contributed by atoms with Crippen molar-refractivity contribution >= 4 is 39.3 Å². The molecule has 0 radical (unpaired) electrons. The van der Waals surface area contributed by atoms with Crippen LogP contribution in [-0.4, -0.2) is 39.6 Å². The lowest BCUT2D eigenvalue weighted by Crippen LogP contribution is -2.40. The molecule has 0 spiro atoms. The molecular formula is C20H23N3O5S. The van der Waals surface area contributed by atoms with Crippen LogP contribution in [0.5, 0.6) is 5.75 Å². The monoisotopic (exact) mass is 417 g/mol. The molecule has 0 aliphatic rings. The Hall–Kier alpha value is -3.33. The van der Waals surface area contributed by atoms with Gasteiger partial charge in [0, 0.05) is 17.5 Å². The molecule has 0 saturated heterocycles.